The molecule has 0 aromatic carbocycles. The van der Waals surface area contributed by atoms with Gasteiger partial charge in [0.1, 0.15) is 0 Å². The van der Waals surface area contributed by atoms with Crippen molar-refractivity contribution in [3.05, 3.63) is 24.8 Å². The van der Waals surface area contributed by atoms with Gasteiger partial charge in [0.05, 0.1) is 13.2 Å². The van der Waals surface area contributed by atoms with E-state index < -0.39 is 5.79 Å². The Morgan fingerprint density at radius 3 is 2.30 bits per heavy atom. The predicted molar refractivity (Wildman–Crippen MR) is 85.7 cm³/mol. The molecule has 0 radical (unpaired) electrons. The highest BCUT2D eigenvalue weighted by molar-refractivity contribution is 4.96. The molecule has 1 heterocycles. The molecule has 0 unspecified atom stereocenters. The van der Waals surface area contributed by atoms with Crippen LogP contribution >= 0.6 is 0 Å². The molecule has 2 nitrogen and oxygen atoms in total. The third-order valence-corrected chi connectivity index (χ3v) is 3.97. The predicted octanol–water partition coefficient (Wildman–Crippen LogP) is 5.25. The van der Waals surface area contributed by atoms with Gasteiger partial charge in [-0.15, -0.1) is 6.58 Å². The van der Waals surface area contributed by atoms with Crippen LogP contribution in [-0.4, -0.2) is 19.0 Å². The van der Waals surface area contributed by atoms with Crippen molar-refractivity contribution in [2.24, 2.45) is 5.41 Å². The Morgan fingerprint density at radius 2 is 1.70 bits per heavy atom. The lowest BCUT2D eigenvalue weighted by molar-refractivity contribution is -0.284. The van der Waals surface area contributed by atoms with Crippen molar-refractivity contribution in [3.8, 4) is 0 Å². The van der Waals surface area contributed by atoms with E-state index in [0.29, 0.717) is 0 Å². The maximum Gasteiger partial charge on any atom is 0.162 e. The molecule has 2 heteroatoms. The first-order valence-corrected chi connectivity index (χ1v) is 8.07. The van der Waals surface area contributed by atoms with Crippen molar-refractivity contribution in [3.63, 3.8) is 0 Å². The normalized spacial score (nSPS) is 21.1. The second kappa shape index (κ2) is 8.63. The Hall–Kier alpha value is -0.600. The van der Waals surface area contributed by atoms with E-state index in [1.807, 2.05) is 19.9 Å². The fraction of sp³-hybridized carbons (Fsp3) is 0.778. The maximum absolute atomic E-state index is 5.84. The summed E-state index contributed by atoms with van der Waals surface area (Å²) in [6.45, 7) is 11.6. The van der Waals surface area contributed by atoms with Crippen molar-refractivity contribution in [2.75, 3.05) is 13.2 Å². The lowest BCUT2D eigenvalue weighted by atomic mass is 9.81. The Labute approximate surface area is 125 Å². The van der Waals surface area contributed by atoms with Gasteiger partial charge in [0.25, 0.3) is 0 Å². The van der Waals surface area contributed by atoms with Gasteiger partial charge in [-0.25, -0.2) is 0 Å². The van der Waals surface area contributed by atoms with Gasteiger partial charge in [-0.2, -0.15) is 0 Å². The van der Waals surface area contributed by atoms with Gasteiger partial charge >= 0.3 is 0 Å². The summed E-state index contributed by atoms with van der Waals surface area (Å²) in [4.78, 5) is 0. The summed E-state index contributed by atoms with van der Waals surface area (Å²) in [7, 11) is 0. The quantitative estimate of drug-likeness (QED) is 0.424. The SMILES string of the molecule is C=CCC1(CC=CCCCCCC)COC(C)(C)OC1. The van der Waals surface area contributed by atoms with Crippen LogP contribution in [0.3, 0.4) is 0 Å². The van der Waals surface area contributed by atoms with Crippen LogP contribution in [0, 0.1) is 5.41 Å². The first-order valence-electron chi connectivity index (χ1n) is 8.07. The van der Waals surface area contributed by atoms with E-state index in [2.05, 4.69) is 25.7 Å². The zero-order valence-corrected chi connectivity index (χ0v) is 13.6. The molecule has 1 fully saturated rings. The number of ether oxygens (including phenoxy) is 2. The number of unbranched alkanes of at least 4 members (excludes halogenated alkanes) is 4. The average Bonchev–Trinajstić information content (AvgIpc) is 2.42. The molecule has 20 heavy (non-hydrogen) atoms. The number of allylic oxidation sites excluding steroid dienone is 3. The lowest BCUT2D eigenvalue weighted by Gasteiger charge is -2.42. The Morgan fingerprint density at radius 1 is 1.00 bits per heavy atom. The summed E-state index contributed by atoms with van der Waals surface area (Å²) < 4.78 is 11.7. The molecule has 1 aliphatic heterocycles. The summed E-state index contributed by atoms with van der Waals surface area (Å²) in [5.74, 6) is -0.436. The van der Waals surface area contributed by atoms with Crippen molar-refractivity contribution in [2.45, 2.75) is 71.5 Å². The van der Waals surface area contributed by atoms with Gasteiger partial charge in [-0.3, -0.25) is 0 Å². The van der Waals surface area contributed by atoms with Gasteiger partial charge in [0.15, 0.2) is 5.79 Å². The molecule has 0 atom stereocenters. The van der Waals surface area contributed by atoms with Crippen LogP contribution in [0.2, 0.25) is 0 Å². The lowest BCUT2D eigenvalue weighted by Crippen LogP contribution is -2.46. The van der Waals surface area contributed by atoms with Crippen LogP contribution in [-0.2, 0) is 9.47 Å². The van der Waals surface area contributed by atoms with E-state index in [4.69, 9.17) is 9.47 Å². The minimum absolute atomic E-state index is 0.0805. The summed E-state index contributed by atoms with van der Waals surface area (Å²) in [6.07, 6.45) is 15.1. The first kappa shape index (κ1) is 17.5. The molecule has 1 rings (SSSR count). The fourth-order valence-electron chi connectivity index (χ4n) is 2.50. The summed E-state index contributed by atoms with van der Waals surface area (Å²) in [5, 5.41) is 0. The van der Waals surface area contributed by atoms with E-state index in [9.17, 15) is 0 Å². The number of rotatable bonds is 9. The molecule has 0 N–H and O–H groups in total. The van der Waals surface area contributed by atoms with Crippen LogP contribution in [0.1, 0.15) is 65.7 Å². The Balaban J connectivity index is 2.36. The molecular formula is C18H32O2. The molecule has 0 amide bonds. The van der Waals surface area contributed by atoms with Crippen molar-refractivity contribution in [1.29, 1.82) is 0 Å². The maximum atomic E-state index is 5.84. The van der Waals surface area contributed by atoms with E-state index in [0.717, 1.165) is 26.1 Å². The molecular weight excluding hydrogens is 248 g/mol. The van der Waals surface area contributed by atoms with E-state index in [1.165, 1.54) is 32.1 Å². The van der Waals surface area contributed by atoms with E-state index in [1.54, 1.807) is 0 Å². The molecule has 116 valence electrons. The van der Waals surface area contributed by atoms with Gasteiger partial charge < -0.3 is 9.47 Å². The van der Waals surface area contributed by atoms with Gasteiger partial charge in [0, 0.05) is 5.41 Å². The van der Waals surface area contributed by atoms with Crippen LogP contribution < -0.4 is 0 Å². The van der Waals surface area contributed by atoms with Crippen molar-refractivity contribution in [1.82, 2.24) is 0 Å². The van der Waals surface area contributed by atoms with Gasteiger partial charge in [0.2, 0.25) is 0 Å². The minimum atomic E-state index is -0.436. The standard InChI is InChI=1S/C18H32O2/c1-5-7-8-9-10-11-12-14-18(13-6-2)15-19-17(3,4)20-16-18/h6,11-12H,2,5,7-10,13-16H2,1,3-4H3. The van der Waals surface area contributed by atoms with Crippen LogP contribution in [0.4, 0.5) is 0 Å². The molecule has 0 spiro atoms. The zero-order chi connectivity index (χ0) is 14.9. The summed E-state index contributed by atoms with van der Waals surface area (Å²) >= 11 is 0. The second-order valence-electron chi connectivity index (χ2n) is 6.49. The van der Waals surface area contributed by atoms with E-state index >= 15 is 0 Å². The average molecular weight is 280 g/mol. The molecule has 0 aromatic rings. The Kier molecular flexibility index (Phi) is 7.53. The highest BCUT2D eigenvalue weighted by atomic mass is 16.7. The smallest absolute Gasteiger partial charge is 0.162 e. The van der Waals surface area contributed by atoms with Gasteiger partial charge in [-0.05, 0) is 39.5 Å². The Bertz CT molecular complexity index is 295. The highest BCUT2D eigenvalue weighted by Crippen LogP contribution is 2.36. The van der Waals surface area contributed by atoms with Crippen LogP contribution in [0.25, 0.3) is 0 Å². The number of hydrogen-bond donors (Lipinski definition) is 0. The van der Waals surface area contributed by atoms with Crippen LogP contribution in [0.5, 0.6) is 0 Å². The van der Waals surface area contributed by atoms with Crippen LogP contribution in [0.15, 0.2) is 24.8 Å². The zero-order valence-electron chi connectivity index (χ0n) is 13.6. The first-order chi connectivity index (χ1) is 9.54. The molecule has 1 aliphatic rings. The molecule has 0 saturated carbocycles. The third kappa shape index (κ3) is 6.23. The molecule has 0 bridgehead atoms. The fourth-order valence-corrected chi connectivity index (χ4v) is 2.50. The van der Waals surface area contributed by atoms with E-state index in [-0.39, 0.29) is 5.41 Å². The third-order valence-electron chi connectivity index (χ3n) is 3.97. The largest absolute Gasteiger partial charge is 0.350 e. The van der Waals surface area contributed by atoms with Crippen molar-refractivity contribution >= 4 is 0 Å². The summed E-state index contributed by atoms with van der Waals surface area (Å²) in [5.41, 5.74) is 0.0805. The highest BCUT2D eigenvalue weighted by Gasteiger charge is 2.38. The molecule has 0 aromatic heterocycles. The molecule has 1 saturated heterocycles. The topological polar surface area (TPSA) is 18.5 Å². The second-order valence-corrected chi connectivity index (χ2v) is 6.49. The monoisotopic (exact) mass is 280 g/mol. The molecule has 0 aliphatic carbocycles. The number of hydrogen-bond acceptors (Lipinski definition) is 2. The van der Waals surface area contributed by atoms with Gasteiger partial charge in [-0.1, -0.05) is 44.4 Å². The van der Waals surface area contributed by atoms with Crippen molar-refractivity contribution < 1.29 is 9.47 Å². The minimum Gasteiger partial charge on any atom is -0.350 e. The summed E-state index contributed by atoms with van der Waals surface area (Å²) in [6, 6.07) is 0.